The van der Waals surface area contributed by atoms with E-state index < -0.39 is 0 Å². The van der Waals surface area contributed by atoms with E-state index in [9.17, 15) is 8.78 Å². The molecule has 1 fully saturated rings. The minimum absolute atomic E-state index is 0.205. The van der Waals surface area contributed by atoms with Gasteiger partial charge in [0.25, 0.3) is 0 Å². The van der Waals surface area contributed by atoms with Crippen LogP contribution in [0.5, 0.6) is 0 Å². The number of benzene rings is 1. The molecule has 2 N–H and O–H groups in total. The molecule has 100 valence electrons. The van der Waals surface area contributed by atoms with Crippen LogP contribution in [0.1, 0.15) is 25.3 Å². The first kappa shape index (κ1) is 13.4. The predicted molar refractivity (Wildman–Crippen MR) is 68.0 cm³/mol. The van der Waals surface area contributed by atoms with Crippen LogP contribution in [0.4, 0.5) is 8.78 Å². The molecule has 1 aliphatic heterocycles. The molecule has 0 aliphatic carbocycles. The van der Waals surface area contributed by atoms with E-state index in [0.29, 0.717) is 18.7 Å². The zero-order chi connectivity index (χ0) is 13.2. The number of rotatable bonds is 3. The lowest BCUT2D eigenvalue weighted by atomic mass is 9.80. The zero-order valence-electron chi connectivity index (χ0n) is 10.8. The van der Waals surface area contributed by atoms with Gasteiger partial charge in [0, 0.05) is 12.1 Å². The summed E-state index contributed by atoms with van der Waals surface area (Å²) in [6, 6.07) is 3.63. The van der Waals surface area contributed by atoms with E-state index >= 15 is 0 Å². The number of halogens is 2. The van der Waals surface area contributed by atoms with Crippen molar-refractivity contribution in [1.29, 1.82) is 0 Å². The largest absolute Gasteiger partial charge is 0.330 e. The molecule has 0 atom stereocenters. The molecule has 1 aromatic rings. The predicted octanol–water partition coefficient (Wildman–Crippen LogP) is 2.53. The molecule has 2 nitrogen and oxygen atoms in total. The van der Waals surface area contributed by atoms with Gasteiger partial charge < -0.3 is 5.73 Å². The van der Waals surface area contributed by atoms with Crippen molar-refractivity contribution in [2.24, 2.45) is 11.1 Å². The first-order chi connectivity index (χ1) is 8.52. The smallest absolute Gasteiger partial charge is 0.127 e. The van der Waals surface area contributed by atoms with Gasteiger partial charge >= 0.3 is 0 Å². The van der Waals surface area contributed by atoms with E-state index in [1.807, 2.05) is 0 Å². The monoisotopic (exact) mass is 254 g/mol. The molecule has 4 heteroatoms. The van der Waals surface area contributed by atoms with Gasteiger partial charge in [0.1, 0.15) is 11.6 Å². The van der Waals surface area contributed by atoms with Crippen molar-refractivity contribution in [3.8, 4) is 0 Å². The molecule has 0 amide bonds. The van der Waals surface area contributed by atoms with Gasteiger partial charge in [-0.1, -0.05) is 6.92 Å². The molecular weight excluding hydrogens is 234 g/mol. The Morgan fingerprint density at radius 1 is 1.28 bits per heavy atom. The fourth-order valence-electron chi connectivity index (χ4n) is 2.36. The molecule has 1 heterocycles. The van der Waals surface area contributed by atoms with E-state index in [1.165, 1.54) is 12.1 Å². The van der Waals surface area contributed by atoms with Crippen molar-refractivity contribution in [3.63, 3.8) is 0 Å². The van der Waals surface area contributed by atoms with Crippen LogP contribution in [0, 0.1) is 17.0 Å². The van der Waals surface area contributed by atoms with Crippen molar-refractivity contribution < 1.29 is 8.78 Å². The second-order valence-corrected chi connectivity index (χ2v) is 5.53. The topological polar surface area (TPSA) is 29.3 Å². The first-order valence-electron chi connectivity index (χ1n) is 6.39. The summed E-state index contributed by atoms with van der Waals surface area (Å²) < 4.78 is 26.6. The van der Waals surface area contributed by atoms with Crippen molar-refractivity contribution >= 4 is 0 Å². The minimum atomic E-state index is -0.379. The lowest BCUT2D eigenvalue weighted by molar-refractivity contribution is 0.118. The number of nitrogens with zero attached hydrogens (tertiary/aromatic N) is 1. The summed E-state index contributed by atoms with van der Waals surface area (Å²) in [5.74, 6) is -0.709. The van der Waals surface area contributed by atoms with Crippen LogP contribution < -0.4 is 5.73 Å². The fraction of sp³-hybridized carbons (Fsp3) is 0.571. The van der Waals surface area contributed by atoms with Gasteiger partial charge in [-0.2, -0.15) is 0 Å². The third-order valence-corrected chi connectivity index (χ3v) is 3.96. The van der Waals surface area contributed by atoms with Gasteiger partial charge in [-0.25, -0.2) is 8.78 Å². The highest BCUT2D eigenvalue weighted by Gasteiger charge is 2.28. The maximum Gasteiger partial charge on any atom is 0.127 e. The highest BCUT2D eigenvalue weighted by atomic mass is 19.1. The summed E-state index contributed by atoms with van der Waals surface area (Å²) in [4.78, 5) is 2.16. The van der Waals surface area contributed by atoms with Crippen molar-refractivity contribution in [2.75, 3.05) is 19.6 Å². The maximum atomic E-state index is 13.5. The molecule has 0 spiro atoms. The van der Waals surface area contributed by atoms with Gasteiger partial charge in [-0.3, -0.25) is 4.90 Å². The lowest BCUT2D eigenvalue weighted by Crippen LogP contribution is -2.41. The SMILES string of the molecule is CC1(CN)CCN(Cc2cc(F)ccc2F)CC1. The van der Waals surface area contributed by atoms with Crippen LogP contribution in [-0.4, -0.2) is 24.5 Å². The second kappa shape index (κ2) is 5.33. The van der Waals surface area contributed by atoms with Crippen LogP contribution in [0.15, 0.2) is 18.2 Å². The molecule has 0 bridgehead atoms. The van der Waals surface area contributed by atoms with Gasteiger partial charge in [-0.05, 0) is 56.1 Å². The Bertz CT molecular complexity index is 412. The van der Waals surface area contributed by atoms with E-state index in [2.05, 4.69) is 11.8 Å². The molecule has 1 saturated heterocycles. The van der Waals surface area contributed by atoms with Crippen LogP contribution in [0.3, 0.4) is 0 Å². The standard InChI is InChI=1S/C14H20F2N2/c1-14(10-17)4-6-18(7-5-14)9-11-8-12(15)2-3-13(11)16/h2-3,8H,4-7,9-10,17H2,1H3. The quantitative estimate of drug-likeness (QED) is 0.898. The van der Waals surface area contributed by atoms with Crippen molar-refractivity contribution in [3.05, 3.63) is 35.4 Å². The molecular formula is C14H20F2N2. The summed E-state index contributed by atoms with van der Waals surface area (Å²) in [5, 5.41) is 0. The summed E-state index contributed by atoms with van der Waals surface area (Å²) >= 11 is 0. The summed E-state index contributed by atoms with van der Waals surface area (Å²) in [6.45, 7) is 5.14. The highest BCUT2D eigenvalue weighted by molar-refractivity contribution is 5.18. The Morgan fingerprint density at radius 2 is 1.94 bits per heavy atom. The number of hydrogen-bond donors (Lipinski definition) is 1. The van der Waals surface area contributed by atoms with E-state index in [0.717, 1.165) is 32.0 Å². The van der Waals surface area contributed by atoms with E-state index in [4.69, 9.17) is 5.73 Å². The third-order valence-electron chi connectivity index (χ3n) is 3.96. The fourth-order valence-corrected chi connectivity index (χ4v) is 2.36. The third kappa shape index (κ3) is 3.06. The zero-order valence-corrected chi connectivity index (χ0v) is 10.8. The Morgan fingerprint density at radius 3 is 2.56 bits per heavy atom. The van der Waals surface area contributed by atoms with E-state index in [-0.39, 0.29) is 17.0 Å². The Kier molecular flexibility index (Phi) is 3.97. The number of piperidine rings is 1. The molecule has 2 rings (SSSR count). The molecule has 0 unspecified atom stereocenters. The molecule has 0 aromatic heterocycles. The average Bonchev–Trinajstić information content (AvgIpc) is 2.37. The van der Waals surface area contributed by atoms with Crippen LogP contribution >= 0.6 is 0 Å². The molecule has 1 aliphatic rings. The van der Waals surface area contributed by atoms with Crippen LogP contribution in [0.2, 0.25) is 0 Å². The lowest BCUT2D eigenvalue weighted by Gasteiger charge is -2.38. The summed E-state index contributed by atoms with van der Waals surface area (Å²) in [6.07, 6.45) is 2.03. The van der Waals surface area contributed by atoms with Gasteiger partial charge in [0.15, 0.2) is 0 Å². The number of hydrogen-bond acceptors (Lipinski definition) is 2. The Labute approximate surface area is 107 Å². The van der Waals surface area contributed by atoms with Crippen LogP contribution in [0.25, 0.3) is 0 Å². The number of nitrogens with two attached hydrogens (primary N) is 1. The summed E-state index contributed by atoms with van der Waals surface area (Å²) in [5.41, 5.74) is 6.39. The second-order valence-electron chi connectivity index (χ2n) is 5.53. The Hall–Kier alpha value is -1.00. The Balaban J connectivity index is 1.97. The first-order valence-corrected chi connectivity index (χ1v) is 6.39. The highest BCUT2D eigenvalue weighted by Crippen LogP contribution is 2.30. The normalized spacial score (nSPS) is 20.0. The van der Waals surface area contributed by atoms with Crippen molar-refractivity contribution in [2.45, 2.75) is 26.3 Å². The van der Waals surface area contributed by atoms with Gasteiger partial charge in [-0.15, -0.1) is 0 Å². The van der Waals surface area contributed by atoms with Gasteiger partial charge in [0.2, 0.25) is 0 Å². The number of likely N-dealkylation sites (tertiary alicyclic amines) is 1. The maximum absolute atomic E-state index is 13.5. The van der Waals surface area contributed by atoms with Gasteiger partial charge in [0.05, 0.1) is 0 Å². The van der Waals surface area contributed by atoms with Crippen LogP contribution in [-0.2, 0) is 6.54 Å². The summed E-state index contributed by atoms with van der Waals surface area (Å²) in [7, 11) is 0. The molecule has 1 aromatic carbocycles. The minimum Gasteiger partial charge on any atom is -0.330 e. The van der Waals surface area contributed by atoms with Crippen molar-refractivity contribution in [1.82, 2.24) is 4.90 Å². The molecule has 0 radical (unpaired) electrons. The average molecular weight is 254 g/mol. The van der Waals surface area contributed by atoms with E-state index in [1.54, 1.807) is 0 Å². The molecule has 18 heavy (non-hydrogen) atoms. The molecule has 0 saturated carbocycles.